The summed E-state index contributed by atoms with van der Waals surface area (Å²) in [7, 11) is 0. The fourth-order valence-electron chi connectivity index (χ4n) is 3.13. The van der Waals surface area contributed by atoms with E-state index in [2.05, 4.69) is 15.4 Å². The zero-order valence-electron chi connectivity index (χ0n) is 14.2. The minimum absolute atomic E-state index is 0.0652. The summed E-state index contributed by atoms with van der Waals surface area (Å²) < 4.78 is 30.3. The Hall–Kier alpha value is -1.48. The van der Waals surface area contributed by atoms with Crippen LogP contribution < -0.4 is 11.1 Å². The Morgan fingerprint density at radius 2 is 2.19 bits per heavy atom. The number of halogens is 4. The van der Waals surface area contributed by atoms with Gasteiger partial charge in [0.15, 0.2) is 11.6 Å². The van der Waals surface area contributed by atoms with Gasteiger partial charge in [0, 0.05) is 16.5 Å². The molecule has 3 aromatic rings. The third kappa shape index (κ3) is 3.89. The standard InChI is InChI=1S/C17H17Cl2F2N5S/c18-14-11(6-9(22)7-17(21)3-4-17)12(20)13-15(24-16(19)25-26(13)14)23-8-10-2-1-5-27-10/h1-2,5,9H,3-4,6-8,22H2,(H,23,24,25)/t9-/m1/s1. The number of hydrogen-bond donors (Lipinski definition) is 2. The van der Waals surface area contributed by atoms with Gasteiger partial charge in [0.05, 0.1) is 6.54 Å². The summed E-state index contributed by atoms with van der Waals surface area (Å²) in [6.45, 7) is 0.460. The number of thiophene rings is 1. The first kappa shape index (κ1) is 18.9. The van der Waals surface area contributed by atoms with Crippen LogP contribution in [0.5, 0.6) is 0 Å². The molecule has 1 fully saturated rings. The molecule has 0 spiro atoms. The monoisotopic (exact) mass is 431 g/mol. The number of aromatic nitrogens is 3. The Bertz CT molecular complexity index is 972. The number of nitrogens with one attached hydrogen (secondary N) is 1. The molecule has 3 N–H and O–H groups in total. The topological polar surface area (TPSA) is 68.2 Å². The van der Waals surface area contributed by atoms with E-state index in [4.69, 9.17) is 28.9 Å². The summed E-state index contributed by atoms with van der Waals surface area (Å²) in [5.41, 5.74) is 5.12. The number of fused-ring (bicyclic) bond motifs is 1. The van der Waals surface area contributed by atoms with Crippen LogP contribution in [0.25, 0.3) is 5.52 Å². The second-order valence-corrected chi connectivity index (χ2v) is 8.55. The molecule has 10 heteroatoms. The van der Waals surface area contributed by atoms with Crippen molar-refractivity contribution in [1.82, 2.24) is 14.6 Å². The van der Waals surface area contributed by atoms with Gasteiger partial charge in [-0.3, -0.25) is 0 Å². The fourth-order valence-corrected chi connectivity index (χ4v) is 4.21. The van der Waals surface area contributed by atoms with Gasteiger partial charge in [0.2, 0.25) is 5.28 Å². The molecule has 3 heterocycles. The van der Waals surface area contributed by atoms with Gasteiger partial charge in [-0.2, -0.15) is 4.98 Å². The van der Waals surface area contributed by atoms with Gasteiger partial charge in [-0.1, -0.05) is 17.7 Å². The maximum atomic E-state index is 15.1. The molecular weight excluding hydrogens is 415 g/mol. The smallest absolute Gasteiger partial charge is 0.243 e. The number of anilines is 1. The molecular formula is C17H17Cl2F2N5S. The Kier molecular flexibility index (Phi) is 5.00. The molecule has 1 aliphatic carbocycles. The number of alkyl halides is 1. The Morgan fingerprint density at radius 3 is 2.85 bits per heavy atom. The summed E-state index contributed by atoms with van der Waals surface area (Å²) >= 11 is 13.9. The molecule has 27 heavy (non-hydrogen) atoms. The Labute approximate surface area is 168 Å². The first-order valence-corrected chi connectivity index (χ1v) is 10.1. The van der Waals surface area contributed by atoms with Gasteiger partial charge in [0.25, 0.3) is 0 Å². The van der Waals surface area contributed by atoms with E-state index in [1.165, 1.54) is 4.52 Å². The van der Waals surface area contributed by atoms with E-state index < -0.39 is 17.5 Å². The highest BCUT2D eigenvalue weighted by atomic mass is 35.5. The van der Waals surface area contributed by atoms with Crippen molar-refractivity contribution in [2.24, 2.45) is 5.73 Å². The molecule has 144 valence electrons. The molecule has 1 atom stereocenters. The molecule has 0 amide bonds. The average molecular weight is 432 g/mol. The molecule has 1 aliphatic rings. The molecule has 0 aromatic carbocycles. The lowest BCUT2D eigenvalue weighted by Crippen LogP contribution is -2.27. The summed E-state index contributed by atoms with van der Waals surface area (Å²) in [4.78, 5) is 5.16. The Morgan fingerprint density at radius 1 is 1.41 bits per heavy atom. The van der Waals surface area contributed by atoms with E-state index in [-0.39, 0.29) is 40.2 Å². The van der Waals surface area contributed by atoms with Crippen LogP contribution in [0.15, 0.2) is 17.5 Å². The first-order valence-electron chi connectivity index (χ1n) is 8.49. The van der Waals surface area contributed by atoms with Crippen LogP contribution in [0, 0.1) is 5.82 Å². The third-order valence-corrected chi connectivity index (χ3v) is 6.05. The Balaban J connectivity index is 1.65. The van der Waals surface area contributed by atoms with Crippen molar-refractivity contribution in [3.8, 4) is 0 Å². The molecule has 0 unspecified atom stereocenters. The van der Waals surface area contributed by atoms with Gasteiger partial charge >= 0.3 is 0 Å². The van der Waals surface area contributed by atoms with Gasteiger partial charge in [0.1, 0.15) is 16.3 Å². The molecule has 3 aromatic heterocycles. The van der Waals surface area contributed by atoms with Crippen LogP contribution in [0.2, 0.25) is 10.4 Å². The van der Waals surface area contributed by atoms with Crippen molar-refractivity contribution in [1.29, 1.82) is 0 Å². The van der Waals surface area contributed by atoms with Crippen LogP contribution >= 0.6 is 34.5 Å². The second-order valence-electron chi connectivity index (χ2n) is 6.83. The zero-order valence-corrected chi connectivity index (χ0v) is 16.5. The molecule has 0 radical (unpaired) electrons. The van der Waals surface area contributed by atoms with E-state index in [0.717, 1.165) is 4.88 Å². The predicted octanol–water partition coefficient (Wildman–Crippen LogP) is 4.61. The molecule has 0 saturated heterocycles. The van der Waals surface area contributed by atoms with Gasteiger partial charge in [-0.05, 0) is 48.7 Å². The number of nitrogens with two attached hydrogens (primary N) is 1. The van der Waals surface area contributed by atoms with Gasteiger partial charge in [-0.15, -0.1) is 16.4 Å². The van der Waals surface area contributed by atoms with Crippen LogP contribution in [0.4, 0.5) is 14.6 Å². The number of nitrogens with zero attached hydrogens (tertiary/aromatic N) is 3. The van der Waals surface area contributed by atoms with Crippen molar-refractivity contribution < 1.29 is 8.78 Å². The normalized spacial score (nSPS) is 16.6. The first-order chi connectivity index (χ1) is 12.9. The van der Waals surface area contributed by atoms with E-state index in [1.54, 1.807) is 11.3 Å². The predicted molar refractivity (Wildman–Crippen MR) is 104 cm³/mol. The van der Waals surface area contributed by atoms with E-state index in [0.29, 0.717) is 19.4 Å². The maximum Gasteiger partial charge on any atom is 0.243 e. The van der Waals surface area contributed by atoms with Crippen molar-refractivity contribution >= 4 is 45.9 Å². The summed E-state index contributed by atoms with van der Waals surface area (Å²) in [6, 6.07) is 3.34. The van der Waals surface area contributed by atoms with E-state index in [1.807, 2.05) is 17.5 Å². The molecule has 4 rings (SSSR count). The largest absolute Gasteiger partial charge is 0.363 e. The molecule has 0 bridgehead atoms. The van der Waals surface area contributed by atoms with Crippen LogP contribution in [0.3, 0.4) is 0 Å². The lowest BCUT2D eigenvalue weighted by molar-refractivity contribution is 0.269. The minimum Gasteiger partial charge on any atom is -0.363 e. The van der Waals surface area contributed by atoms with Crippen molar-refractivity contribution in [3.05, 3.63) is 44.2 Å². The van der Waals surface area contributed by atoms with Crippen molar-refractivity contribution in [3.63, 3.8) is 0 Å². The summed E-state index contributed by atoms with van der Waals surface area (Å²) in [5.74, 6) is -0.323. The maximum absolute atomic E-state index is 15.1. The fraction of sp³-hybridized carbons (Fsp3) is 0.412. The van der Waals surface area contributed by atoms with Crippen LogP contribution in [-0.4, -0.2) is 26.3 Å². The lowest BCUT2D eigenvalue weighted by atomic mass is 10.0. The third-order valence-electron chi connectivity index (χ3n) is 4.63. The van der Waals surface area contributed by atoms with Crippen LogP contribution in [0.1, 0.15) is 29.7 Å². The second kappa shape index (κ2) is 7.16. The highest BCUT2D eigenvalue weighted by Crippen LogP contribution is 2.44. The SMILES string of the molecule is N[C@H](Cc1c(F)c2c(NCc3cccs3)nc(Cl)nn2c1Cl)CC1(F)CC1. The quantitative estimate of drug-likeness (QED) is 0.572. The summed E-state index contributed by atoms with van der Waals surface area (Å²) in [6.07, 6.45) is 1.31. The van der Waals surface area contributed by atoms with Gasteiger partial charge < -0.3 is 11.1 Å². The average Bonchev–Trinajstić information content (AvgIpc) is 3.04. The zero-order chi connectivity index (χ0) is 19.2. The van der Waals surface area contributed by atoms with E-state index in [9.17, 15) is 4.39 Å². The molecule has 0 aliphatic heterocycles. The number of hydrogen-bond acceptors (Lipinski definition) is 5. The van der Waals surface area contributed by atoms with Gasteiger partial charge in [-0.25, -0.2) is 13.3 Å². The summed E-state index contributed by atoms with van der Waals surface area (Å²) in [5, 5.41) is 9.04. The van der Waals surface area contributed by atoms with Crippen LogP contribution in [-0.2, 0) is 13.0 Å². The van der Waals surface area contributed by atoms with Crippen molar-refractivity contribution in [2.75, 3.05) is 5.32 Å². The molecule has 1 saturated carbocycles. The lowest BCUT2D eigenvalue weighted by Gasteiger charge is -2.13. The molecule has 5 nitrogen and oxygen atoms in total. The highest BCUT2D eigenvalue weighted by molar-refractivity contribution is 7.09. The number of rotatable bonds is 7. The minimum atomic E-state index is -1.21. The van der Waals surface area contributed by atoms with E-state index >= 15 is 4.39 Å². The van der Waals surface area contributed by atoms with Crippen molar-refractivity contribution in [2.45, 2.75) is 43.9 Å². The highest BCUT2D eigenvalue weighted by Gasteiger charge is 2.44.